The zero-order valence-corrected chi connectivity index (χ0v) is 10.8. The SMILES string of the molecule is CCOC(=O)c1cc(C)cc(CBr)c1C. The van der Waals surface area contributed by atoms with Gasteiger partial charge in [-0.05, 0) is 43.5 Å². The maximum Gasteiger partial charge on any atom is 0.338 e. The van der Waals surface area contributed by atoms with E-state index >= 15 is 0 Å². The van der Waals surface area contributed by atoms with Gasteiger partial charge in [0.05, 0.1) is 12.2 Å². The van der Waals surface area contributed by atoms with Gasteiger partial charge in [0.25, 0.3) is 0 Å². The van der Waals surface area contributed by atoms with Crippen LogP contribution in [0.1, 0.15) is 34.0 Å². The number of rotatable bonds is 3. The van der Waals surface area contributed by atoms with Gasteiger partial charge in [0.2, 0.25) is 0 Å². The van der Waals surface area contributed by atoms with E-state index in [-0.39, 0.29) is 5.97 Å². The molecule has 0 aromatic heterocycles. The van der Waals surface area contributed by atoms with Crippen molar-refractivity contribution in [3.8, 4) is 0 Å². The molecular formula is C12H15BrO2. The molecule has 0 bridgehead atoms. The minimum absolute atomic E-state index is 0.235. The minimum Gasteiger partial charge on any atom is -0.462 e. The monoisotopic (exact) mass is 270 g/mol. The molecule has 0 fully saturated rings. The lowest BCUT2D eigenvalue weighted by molar-refractivity contribution is 0.0525. The molecule has 0 aliphatic carbocycles. The van der Waals surface area contributed by atoms with Crippen molar-refractivity contribution in [1.29, 1.82) is 0 Å². The van der Waals surface area contributed by atoms with Gasteiger partial charge in [-0.15, -0.1) is 0 Å². The van der Waals surface area contributed by atoms with Crippen LogP contribution < -0.4 is 0 Å². The van der Waals surface area contributed by atoms with Crippen LogP contribution in [0.15, 0.2) is 12.1 Å². The summed E-state index contributed by atoms with van der Waals surface area (Å²) in [4.78, 5) is 11.6. The molecule has 82 valence electrons. The smallest absolute Gasteiger partial charge is 0.338 e. The normalized spacial score (nSPS) is 10.1. The Morgan fingerprint density at radius 3 is 2.60 bits per heavy atom. The molecular weight excluding hydrogens is 256 g/mol. The van der Waals surface area contributed by atoms with E-state index in [0.717, 1.165) is 22.0 Å². The van der Waals surface area contributed by atoms with E-state index in [9.17, 15) is 4.79 Å². The van der Waals surface area contributed by atoms with Crippen molar-refractivity contribution in [2.24, 2.45) is 0 Å². The summed E-state index contributed by atoms with van der Waals surface area (Å²) in [6.45, 7) is 6.15. The van der Waals surface area contributed by atoms with E-state index in [4.69, 9.17) is 4.74 Å². The molecule has 0 radical (unpaired) electrons. The zero-order valence-electron chi connectivity index (χ0n) is 9.26. The van der Waals surface area contributed by atoms with Crippen LogP contribution in [0.2, 0.25) is 0 Å². The molecule has 15 heavy (non-hydrogen) atoms. The summed E-state index contributed by atoms with van der Waals surface area (Å²) in [6.07, 6.45) is 0. The molecule has 0 spiro atoms. The summed E-state index contributed by atoms with van der Waals surface area (Å²) >= 11 is 3.41. The van der Waals surface area contributed by atoms with Crippen LogP contribution in [0.4, 0.5) is 0 Å². The molecule has 1 rings (SSSR count). The lowest BCUT2D eigenvalue weighted by Gasteiger charge is -2.10. The molecule has 0 atom stereocenters. The maximum atomic E-state index is 11.6. The Morgan fingerprint density at radius 1 is 1.40 bits per heavy atom. The fourth-order valence-electron chi connectivity index (χ4n) is 1.49. The Morgan fingerprint density at radius 2 is 2.07 bits per heavy atom. The second-order valence-corrected chi connectivity index (χ2v) is 4.01. The van der Waals surface area contributed by atoms with Crippen molar-refractivity contribution in [2.45, 2.75) is 26.1 Å². The fourth-order valence-corrected chi connectivity index (χ4v) is 2.08. The average Bonchev–Trinajstić information content (AvgIpc) is 2.21. The number of hydrogen-bond donors (Lipinski definition) is 0. The molecule has 1 aromatic rings. The lowest BCUT2D eigenvalue weighted by atomic mass is 10.0. The molecule has 1 aromatic carbocycles. The Labute approximate surface area is 98.8 Å². The number of ether oxygens (including phenoxy) is 1. The largest absolute Gasteiger partial charge is 0.462 e. The Kier molecular flexibility index (Phi) is 4.33. The summed E-state index contributed by atoms with van der Waals surface area (Å²) < 4.78 is 5.01. The van der Waals surface area contributed by atoms with Crippen LogP contribution in [0, 0.1) is 13.8 Å². The van der Waals surface area contributed by atoms with Gasteiger partial charge in [-0.2, -0.15) is 0 Å². The highest BCUT2D eigenvalue weighted by Gasteiger charge is 2.13. The van der Waals surface area contributed by atoms with Gasteiger partial charge >= 0.3 is 5.97 Å². The van der Waals surface area contributed by atoms with Gasteiger partial charge in [0, 0.05) is 5.33 Å². The molecule has 2 nitrogen and oxygen atoms in total. The van der Waals surface area contributed by atoms with Crippen molar-refractivity contribution in [3.05, 3.63) is 34.4 Å². The molecule has 0 amide bonds. The van der Waals surface area contributed by atoms with E-state index in [0.29, 0.717) is 12.2 Å². The van der Waals surface area contributed by atoms with Crippen molar-refractivity contribution >= 4 is 21.9 Å². The highest BCUT2D eigenvalue weighted by Crippen LogP contribution is 2.20. The molecule has 0 heterocycles. The molecule has 0 saturated heterocycles. The third-order valence-corrected chi connectivity index (χ3v) is 2.90. The van der Waals surface area contributed by atoms with Crippen molar-refractivity contribution in [2.75, 3.05) is 6.61 Å². The number of esters is 1. The Balaban J connectivity index is 3.17. The highest BCUT2D eigenvalue weighted by atomic mass is 79.9. The summed E-state index contributed by atoms with van der Waals surface area (Å²) in [7, 11) is 0. The minimum atomic E-state index is -0.235. The Bertz CT molecular complexity index is 372. The number of benzene rings is 1. The van der Waals surface area contributed by atoms with E-state index in [1.54, 1.807) is 0 Å². The van der Waals surface area contributed by atoms with Gasteiger partial charge in [0.1, 0.15) is 0 Å². The van der Waals surface area contributed by atoms with Crippen molar-refractivity contribution < 1.29 is 9.53 Å². The molecule has 0 N–H and O–H groups in total. The van der Waals surface area contributed by atoms with Crippen LogP contribution in [-0.2, 0) is 10.1 Å². The highest BCUT2D eigenvalue weighted by molar-refractivity contribution is 9.08. The van der Waals surface area contributed by atoms with Crippen molar-refractivity contribution in [3.63, 3.8) is 0 Å². The number of aryl methyl sites for hydroxylation is 1. The molecule has 3 heteroatoms. The van der Waals surface area contributed by atoms with Crippen LogP contribution >= 0.6 is 15.9 Å². The number of halogens is 1. The van der Waals surface area contributed by atoms with Gasteiger partial charge in [-0.3, -0.25) is 0 Å². The topological polar surface area (TPSA) is 26.3 Å². The van der Waals surface area contributed by atoms with E-state index in [1.165, 1.54) is 0 Å². The number of carbonyl (C=O) groups excluding carboxylic acids is 1. The first-order valence-corrected chi connectivity index (χ1v) is 6.05. The number of carbonyl (C=O) groups is 1. The van der Waals surface area contributed by atoms with Crippen LogP contribution in [0.25, 0.3) is 0 Å². The average molecular weight is 271 g/mol. The van der Waals surface area contributed by atoms with E-state index in [2.05, 4.69) is 22.0 Å². The molecule has 0 unspecified atom stereocenters. The predicted molar refractivity (Wildman–Crippen MR) is 64.5 cm³/mol. The molecule has 0 aliphatic rings. The van der Waals surface area contributed by atoms with E-state index < -0.39 is 0 Å². The first-order valence-electron chi connectivity index (χ1n) is 4.93. The van der Waals surface area contributed by atoms with Crippen LogP contribution in [0.3, 0.4) is 0 Å². The molecule has 0 saturated carbocycles. The van der Waals surface area contributed by atoms with Crippen LogP contribution in [0.5, 0.6) is 0 Å². The number of alkyl halides is 1. The second-order valence-electron chi connectivity index (χ2n) is 3.45. The van der Waals surface area contributed by atoms with E-state index in [1.807, 2.05) is 26.8 Å². The first-order chi connectivity index (χ1) is 7.10. The van der Waals surface area contributed by atoms with Crippen molar-refractivity contribution in [1.82, 2.24) is 0 Å². The Hall–Kier alpha value is -0.830. The second kappa shape index (κ2) is 5.31. The summed E-state index contributed by atoms with van der Waals surface area (Å²) in [5.74, 6) is -0.235. The van der Waals surface area contributed by atoms with Crippen LogP contribution in [-0.4, -0.2) is 12.6 Å². The number of hydrogen-bond acceptors (Lipinski definition) is 2. The quantitative estimate of drug-likeness (QED) is 0.622. The maximum absolute atomic E-state index is 11.6. The summed E-state index contributed by atoms with van der Waals surface area (Å²) in [5, 5.41) is 0.757. The summed E-state index contributed by atoms with van der Waals surface area (Å²) in [6, 6.07) is 3.95. The fraction of sp³-hybridized carbons (Fsp3) is 0.417. The summed E-state index contributed by atoms with van der Waals surface area (Å²) in [5.41, 5.74) is 3.89. The van der Waals surface area contributed by atoms with Gasteiger partial charge in [0.15, 0.2) is 0 Å². The van der Waals surface area contributed by atoms with Gasteiger partial charge < -0.3 is 4.74 Å². The lowest BCUT2D eigenvalue weighted by Crippen LogP contribution is -2.08. The van der Waals surface area contributed by atoms with Gasteiger partial charge in [-0.1, -0.05) is 22.0 Å². The standard InChI is InChI=1S/C12H15BrO2/c1-4-15-12(14)11-6-8(2)5-10(7-13)9(11)3/h5-6H,4,7H2,1-3H3. The first kappa shape index (κ1) is 12.2. The zero-order chi connectivity index (χ0) is 11.4. The molecule has 0 aliphatic heterocycles. The third-order valence-electron chi connectivity index (χ3n) is 2.30. The predicted octanol–water partition coefficient (Wildman–Crippen LogP) is 3.38. The third kappa shape index (κ3) is 2.81. The van der Waals surface area contributed by atoms with Gasteiger partial charge in [-0.25, -0.2) is 4.79 Å².